The predicted octanol–water partition coefficient (Wildman–Crippen LogP) is 6.03. The van der Waals surface area contributed by atoms with Crippen molar-refractivity contribution in [3.05, 3.63) is 116 Å². The van der Waals surface area contributed by atoms with Gasteiger partial charge in [-0.15, -0.1) is 0 Å². The third-order valence-electron chi connectivity index (χ3n) is 13.8. The van der Waals surface area contributed by atoms with Gasteiger partial charge in [-0.05, 0) is 93.0 Å². The van der Waals surface area contributed by atoms with E-state index in [2.05, 4.69) is 57.1 Å². The van der Waals surface area contributed by atoms with Crippen LogP contribution < -0.4 is 16.0 Å². The number of benzene rings is 2. The summed E-state index contributed by atoms with van der Waals surface area (Å²) in [5, 5.41) is 19.0. The van der Waals surface area contributed by atoms with Crippen LogP contribution in [0.4, 0.5) is 4.79 Å². The van der Waals surface area contributed by atoms with E-state index in [0.29, 0.717) is 36.7 Å². The Bertz CT molecular complexity index is 3130. The average molecular weight is 947 g/mol. The lowest BCUT2D eigenvalue weighted by Gasteiger charge is -2.51. The third kappa shape index (κ3) is 6.90. The molecule has 2 fully saturated rings. The summed E-state index contributed by atoms with van der Waals surface area (Å²) >= 11 is 3.53. The molecular weight excluding hydrogens is 899 g/mol. The van der Waals surface area contributed by atoms with Crippen LogP contribution in [-0.2, 0) is 57.4 Å². The SMILES string of the molecule is Cn1c2c(c3c1-c1nc(-c4cccc(Br)c4)ncc1CC3)C(=O)NC1(C2)CN(C(=O)OC(C)(C)C)C1.Cn1c2c(c3c1-c1nc(-c4cccc(C#N)c4)ncc1CC3)C(=O)NC1(CNC1)C2. The molecule has 6 aromatic rings. The Morgan fingerprint density at radius 1 is 0.773 bits per heavy atom. The number of hydrogen-bond donors (Lipinski definition) is 3. The van der Waals surface area contributed by atoms with E-state index < -0.39 is 11.1 Å². The van der Waals surface area contributed by atoms with Crippen molar-refractivity contribution < 1.29 is 19.1 Å². The Labute approximate surface area is 390 Å². The third-order valence-corrected chi connectivity index (χ3v) is 14.3. The Hall–Kier alpha value is -6.70. The van der Waals surface area contributed by atoms with Crippen molar-refractivity contribution in [3.8, 4) is 51.6 Å². The number of nitrogens with zero attached hydrogens (tertiary/aromatic N) is 8. The molecule has 2 aliphatic carbocycles. The number of rotatable bonds is 2. The molecule has 4 aliphatic heterocycles. The topological polar surface area (TPSA) is 185 Å². The Kier molecular flexibility index (Phi) is 9.65. The van der Waals surface area contributed by atoms with Gasteiger partial charge in [0.15, 0.2) is 11.6 Å². The minimum absolute atomic E-state index is 0.0362. The normalized spacial score (nSPS) is 17.7. The van der Waals surface area contributed by atoms with Gasteiger partial charge in [-0.2, -0.15) is 5.26 Å². The van der Waals surface area contributed by atoms with Crippen LogP contribution in [-0.4, -0.2) is 94.7 Å². The molecule has 3 N–H and O–H groups in total. The lowest BCUT2D eigenvalue weighted by atomic mass is 9.80. The minimum Gasteiger partial charge on any atom is -0.444 e. The number of carbonyl (C=O) groups excluding carboxylic acids is 3. The molecule has 15 nitrogen and oxygen atoms in total. The number of likely N-dealkylation sites (tertiary alicyclic amines) is 1. The zero-order chi connectivity index (χ0) is 45.9. The Balaban J connectivity index is 0.000000148. The van der Waals surface area contributed by atoms with Gasteiger partial charge in [0.25, 0.3) is 11.8 Å². The number of amides is 3. The molecule has 0 saturated carbocycles. The summed E-state index contributed by atoms with van der Waals surface area (Å²) in [6.07, 6.45) is 8.16. The maximum Gasteiger partial charge on any atom is 0.410 e. The van der Waals surface area contributed by atoms with E-state index in [-0.39, 0.29) is 23.4 Å². The quantitative estimate of drug-likeness (QED) is 0.185. The van der Waals surface area contributed by atoms with Crippen molar-refractivity contribution in [1.82, 2.24) is 49.9 Å². The number of ether oxygens (including phenoxy) is 1. The largest absolute Gasteiger partial charge is 0.444 e. The van der Waals surface area contributed by atoms with Gasteiger partial charge < -0.3 is 34.7 Å². The number of aromatic nitrogens is 6. The van der Waals surface area contributed by atoms with E-state index in [4.69, 9.17) is 14.7 Å². The molecule has 4 aromatic heterocycles. The number of hydrogen-bond acceptors (Lipinski definition) is 10. The fourth-order valence-electron chi connectivity index (χ4n) is 10.7. The van der Waals surface area contributed by atoms with E-state index in [1.165, 1.54) is 0 Å². The van der Waals surface area contributed by atoms with Crippen LogP contribution in [0.25, 0.3) is 45.6 Å². The highest BCUT2D eigenvalue weighted by atomic mass is 79.9. The Morgan fingerprint density at radius 3 is 1.82 bits per heavy atom. The molecule has 2 aromatic carbocycles. The van der Waals surface area contributed by atoms with Gasteiger partial charge in [-0.1, -0.05) is 40.2 Å². The van der Waals surface area contributed by atoms with Gasteiger partial charge in [0, 0.05) is 92.5 Å². The number of halogens is 1. The molecular formula is C50H48BrN11O4. The van der Waals surface area contributed by atoms with Gasteiger partial charge >= 0.3 is 6.09 Å². The lowest BCUT2D eigenvalue weighted by Crippen LogP contribution is -2.74. The van der Waals surface area contributed by atoms with Gasteiger partial charge in [0.05, 0.1) is 56.6 Å². The molecule has 2 spiro atoms. The highest BCUT2D eigenvalue weighted by Gasteiger charge is 2.52. The first-order valence-electron chi connectivity index (χ1n) is 22.4. The van der Waals surface area contributed by atoms with E-state index in [1.54, 1.807) is 11.0 Å². The molecule has 2 saturated heterocycles. The van der Waals surface area contributed by atoms with Crippen LogP contribution in [0.2, 0.25) is 0 Å². The van der Waals surface area contributed by atoms with Crippen molar-refractivity contribution in [2.75, 3.05) is 26.2 Å². The number of fused-ring (bicyclic) bond motifs is 10. The fourth-order valence-corrected chi connectivity index (χ4v) is 11.1. The van der Waals surface area contributed by atoms with Crippen LogP contribution >= 0.6 is 15.9 Å². The summed E-state index contributed by atoms with van der Waals surface area (Å²) in [5.41, 5.74) is 13.0. The van der Waals surface area contributed by atoms with Crippen molar-refractivity contribution in [3.63, 3.8) is 0 Å². The van der Waals surface area contributed by atoms with Gasteiger partial charge in [-0.25, -0.2) is 24.7 Å². The maximum atomic E-state index is 13.4. The highest BCUT2D eigenvalue weighted by molar-refractivity contribution is 9.10. The first-order valence-corrected chi connectivity index (χ1v) is 23.1. The summed E-state index contributed by atoms with van der Waals surface area (Å²) in [7, 11) is 4.06. The maximum absolute atomic E-state index is 13.4. The van der Waals surface area contributed by atoms with Crippen LogP contribution in [0.1, 0.15) is 80.7 Å². The summed E-state index contributed by atoms with van der Waals surface area (Å²) in [6, 6.07) is 17.5. The van der Waals surface area contributed by atoms with E-state index in [1.807, 2.05) is 89.7 Å². The molecule has 0 atom stereocenters. The number of nitriles is 1. The monoisotopic (exact) mass is 945 g/mol. The first kappa shape index (κ1) is 42.0. The second-order valence-electron chi connectivity index (χ2n) is 19.5. The molecule has 16 heteroatoms. The second kappa shape index (κ2) is 15.2. The zero-order valence-electron chi connectivity index (χ0n) is 37.4. The van der Waals surface area contributed by atoms with E-state index in [0.717, 1.165) is 128 Å². The molecule has 0 unspecified atom stereocenters. The van der Waals surface area contributed by atoms with Gasteiger partial charge in [0.1, 0.15) is 5.60 Å². The molecule has 3 amide bonds. The molecule has 8 heterocycles. The van der Waals surface area contributed by atoms with Crippen molar-refractivity contribution >= 4 is 33.8 Å². The number of aryl methyl sites for hydroxylation is 2. The highest BCUT2D eigenvalue weighted by Crippen LogP contribution is 2.43. The van der Waals surface area contributed by atoms with Crippen molar-refractivity contribution in [1.29, 1.82) is 5.26 Å². The standard InChI is InChI=1S/C27H28BrN5O3.C23H20N6O/c1-26(2,3)36-25(35)33-13-27(14-33)11-19-20(24(34)31-27)18-9-8-16-12-29-23(15-6-5-7-17(28)10-15)30-21(16)22(18)32(19)4;1-29-17-8-23(11-25-12-23)28-22(30)18(17)16-6-5-15-10-26-21(27-19(15)20(16)29)14-4-2-3-13(7-14)9-24/h5-7,10,12H,8-9,11,13-14H2,1-4H3,(H,31,34);2-4,7,10,25H,5-6,8,11-12H2,1H3,(H,28,30). The summed E-state index contributed by atoms with van der Waals surface area (Å²) in [6.45, 7) is 8.06. The average Bonchev–Trinajstić information content (AvgIpc) is 3.74. The molecule has 0 bridgehead atoms. The smallest absolute Gasteiger partial charge is 0.410 e. The molecule has 66 heavy (non-hydrogen) atoms. The summed E-state index contributed by atoms with van der Waals surface area (Å²) < 4.78 is 10.8. The molecule has 6 aliphatic rings. The predicted molar refractivity (Wildman–Crippen MR) is 249 cm³/mol. The van der Waals surface area contributed by atoms with Crippen molar-refractivity contribution in [2.24, 2.45) is 14.1 Å². The minimum atomic E-state index is -0.552. The first-order chi connectivity index (χ1) is 31.6. The van der Waals surface area contributed by atoms with E-state index >= 15 is 0 Å². The van der Waals surface area contributed by atoms with Crippen LogP contribution in [0, 0.1) is 11.3 Å². The van der Waals surface area contributed by atoms with Gasteiger partial charge in [0.2, 0.25) is 0 Å². The van der Waals surface area contributed by atoms with Crippen molar-refractivity contribution in [2.45, 2.75) is 76.0 Å². The van der Waals surface area contributed by atoms with Gasteiger partial charge in [-0.3, -0.25) is 9.59 Å². The molecule has 334 valence electrons. The lowest BCUT2D eigenvalue weighted by molar-refractivity contribution is -0.0170. The van der Waals surface area contributed by atoms with E-state index in [9.17, 15) is 19.6 Å². The zero-order valence-corrected chi connectivity index (χ0v) is 39.0. The Morgan fingerprint density at radius 2 is 1.30 bits per heavy atom. The van der Waals surface area contributed by atoms with Crippen LogP contribution in [0.5, 0.6) is 0 Å². The summed E-state index contributed by atoms with van der Waals surface area (Å²) in [4.78, 5) is 59.7. The number of carbonyl (C=O) groups is 3. The van der Waals surface area contributed by atoms with Crippen LogP contribution in [0.15, 0.2) is 65.4 Å². The molecule has 0 radical (unpaired) electrons. The molecule has 12 rings (SSSR count). The fraction of sp³-hybridized carbons (Fsp3) is 0.360. The second-order valence-corrected chi connectivity index (χ2v) is 20.4. The summed E-state index contributed by atoms with van der Waals surface area (Å²) in [5.74, 6) is 1.23. The van der Waals surface area contributed by atoms with Crippen LogP contribution in [0.3, 0.4) is 0 Å². The number of nitrogens with one attached hydrogen (secondary N) is 3.